The Morgan fingerprint density at radius 1 is 1.50 bits per heavy atom. The Morgan fingerprint density at radius 3 is 2.80 bits per heavy atom. The van der Waals surface area contributed by atoms with Crippen molar-refractivity contribution in [3.63, 3.8) is 0 Å². The molecule has 0 fully saturated rings. The molecule has 0 radical (unpaired) electrons. The van der Waals surface area contributed by atoms with Gasteiger partial charge in [-0.15, -0.1) is 0 Å². The van der Waals surface area contributed by atoms with Crippen LogP contribution in [-0.4, -0.2) is 32.3 Å². The van der Waals surface area contributed by atoms with Gasteiger partial charge in [-0.05, 0) is 31.5 Å². The van der Waals surface area contributed by atoms with Crippen LogP contribution in [0, 0.1) is 6.92 Å². The molecule has 0 bridgehead atoms. The second kappa shape index (κ2) is 8.24. The summed E-state index contributed by atoms with van der Waals surface area (Å²) < 4.78 is 11.6. The average Bonchev–Trinajstić information content (AvgIpc) is 2.41. The van der Waals surface area contributed by atoms with Crippen molar-refractivity contribution in [2.45, 2.75) is 26.5 Å². The molecular formula is C14H21BrN2O3. The number of methoxy groups -OCH3 is 1. The molecule has 0 saturated carbocycles. The third kappa shape index (κ3) is 4.77. The number of rotatable bonds is 7. The quantitative estimate of drug-likeness (QED) is 0.739. The number of ether oxygens (including phenoxy) is 2. The summed E-state index contributed by atoms with van der Waals surface area (Å²) in [5.41, 5.74) is 7.53. The molecule has 20 heavy (non-hydrogen) atoms. The van der Waals surface area contributed by atoms with Gasteiger partial charge in [0.25, 0.3) is 5.91 Å². The highest BCUT2D eigenvalue weighted by Gasteiger charge is 2.17. The van der Waals surface area contributed by atoms with Crippen molar-refractivity contribution in [3.05, 3.63) is 27.7 Å². The van der Waals surface area contributed by atoms with Crippen molar-refractivity contribution >= 4 is 21.8 Å². The summed E-state index contributed by atoms with van der Waals surface area (Å²) >= 11 is 3.42. The van der Waals surface area contributed by atoms with Crippen LogP contribution in [0.3, 0.4) is 0 Å². The fourth-order valence-electron chi connectivity index (χ4n) is 1.77. The number of carbonyl (C=O) groups excluding carboxylic acids is 1. The first kappa shape index (κ1) is 16.9. The van der Waals surface area contributed by atoms with E-state index < -0.39 is 6.10 Å². The highest BCUT2D eigenvalue weighted by molar-refractivity contribution is 9.10. The topological polar surface area (TPSA) is 73.6 Å². The Balaban J connectivity index is 2.74. The minimum atomic E-state index is -0.586. The zero-order valence-corrected chi connectivity index (χ0v) is 13.6. The molecule has 3 N–H and O–H groups in total. The van der Waals surface area contributed by atoms with Crippen LogP contribution in [0.2, 0.25) is 0 Å². The molecule has 0 aliphatic rings. The Morgan fingerprint density at radius 2 is 2.20 bits per heavy atom. The van der Waals surface area contributed by atoms with Gasteiger partial charge in [0.1, 0.15) is 5.75 Å². The van der Waals surface area contributed by atoms with Crippen molar-refractivity contribution in [1.82, 2.24) is 5.32 Å². The number of amides is 1. The normalized spacial score (nSPS) is 12.1. The Labute approximate surface area is 127 Å². The van der Waals surface area contributed by atoms with Gasteiger partial charge in [0.05, 0.1) is 6.61 Å². The van der Waals surface area contributed by atoms with Crippen LogP contribution < -0.4 is 15.8 Å². The molecule has 0 aliphatic carbocycles. The van der Waals surface area contributed by atoms with Crippen LogP contribution in [-0.2, 0) is 16.1 Å². The van der Waals surface area contributed by atoms with E-state index in [0.717, 1.165) is 15.6 Å². The highest BCUT2D eigenvalue weighted by Crippen LogP contribution is 2.28. The lowest BCUT2D eigenvalue weighted by Gasteiger charge is -2.19. The molecule has 1 aromatic carbocycles. The van der Waals surface area contributed by atoms with Gasteiger partial charge in [0, 0.05) is 30.2 Å². The highest BCUT2D eigenvalue weighted by atomic mass is 79.9. The van der Waals surface area contributed by atoms with Gasteiger partial charge in [0.15, 0.2) is 6.10 Å². The molecule has 0 aromatic heterocycles. The fourth-order valence-corrected chi connectivity index (χ4v) is 2.39. The predicted octanol–water partition coefficient (Wildman–Crippen LogP) is 1.75. The Bertz CT molecular complexity index is 466. The molecule has 1 unspecified atom stereocenters. The van der Waals surface area contributed by atoms with Gasteiger partial charge < -0.3 is 20.5 Å². The van der Waals surface area contributed by atoms with E-state index in [9.17, 15) is 4.79 Å². The van der Waals surface area contributed by atoms with Crippen molar-refractivity contribution in [2.75, 3.05) is 20.3 Å². The number of halogens is 1. The summed E-state index contributed by atoms with van der Waals surface area (Å²) in [5.74, 6) is 0.498. The largest absolute Gasteiger partial charge is 0.480 e. The van der Waals surface area contributed by atoms with Crippen LogP contribution in [0.25, 0.3) is 0 Å². The molecule has 112 valence electrons. The molecule has 5 nitrogen and oxygen atoms in total. The van der Waals surface area contributed by atoms with E-state index in [0.29, 0.717) is 25.4 Å². The third-order valence-electron chi connectivity index (χ3n) is 2.81. The number of hydrogen-bond donors (Lipinski definition) is 2. The SMILES string of the molecule is COCCNC(=O)C(C)Oc1c(C)cc(Br)cc1CN. The van der Waals surface area contributed by atoms with E-state index >= 15 is 0 Å². The van der Waals surface area contributed by atoms with E-state index in [2.05, 4.69) is 21.2 Å². The third-order valence-corrected chi connectivity index (χ3v) is 3.26. The summed E-state index contributed by atoms with van der Waals surface area (Å²) in [6, 6.07) is 3.84. The second-order valence-corrected chi connectivity index (χ2v) is 5.37. The van der Waals surface area contributed by atoms with Crippen LogP contribution in [0.1, 0.15) is 18.1 Å². The molecular weight excluding hydrogens is 324 g/mol. The molecule has 0 heterocycles. The van der Waals surface area contributed by atoms with E-state index in [4.69, 9.17) is 15.2 Å². The summed E-state index contributed by atoms with van der Waals surface area (Å²) in [4.78, 5) is 11.9. The predicted molar refractivity (Wildman–Crippen MR) is 81.7 cm³/mol. The first-order valence-corrected chi connectivity index (χ1v) is 7.21. The van der Waals surface area contributed by atoms with E-state index in [1.54, 1.807) is 14.0 Å². The number of carbonyl (C=O) groups is 1. The van der Waals surface area contributed by atoms with Gasteiger partial charge in [0.2, 0.25) is 0 Å². The molecule has 1 amide bonds. The van der Waals surface area contributed by atoms with Gasteiger partial charge in [-0.2, -0.15) is 0 Å². The van der Waals surface area contributed by atoms with E-state index in [-0.39, 0.29) is 5.91 Å². The lowest BCUT2D eigenvalue weighted by molar-refractivity contribution is -0.127. The molecule has 0 spiro atoms. The lowest BCUT2D eigenvalue weighted by Crippen LogP contribution is -2.38. The van der Waals surface area contributed by atoms with Crippen molar-refractivity contribution in [3.8, 4) is 5.75 Å². The van der Waals surface area contributed by atoms with Gasteiger partial charge >= 0.3 is 0 Å². The molecule has 6 heteroatoms. The maximum Gasteiger partial charge on any atom is 0.260 e. The maximum atomic E-state index is 11.9. The zero-order valence-electron chi connectivity index (χ0n) is 12.0. The van der Waals surface area contributed by atoms with E-state index in [1.807, 2.05) is 19.1 Å². The Kier molecular flexibility index (Phi) is 6.98. The summed E-state index contributed by atoms with van der Waals surface area (Å²) in [5, 5.41) is 2.74. The van der Waals surface area contributed by atoms with Crippen LogP contribution >= 0.6 is 15.9 Å². The Hall–Kier alpha value is -1.11. The van der Waals surface area contributed by atoms with Crippen molar-refractivity contribution in [2.24, 2.45) is 5.73 Å². The maximum absolute atomic E-state index is 11.9. The molecule has 0 aliphatic heterocycles. The number of nitrogens with two attached hydrogens (primary N) is 1. The molecule has 1 aromatic rings. The number of aryl methyl sites for hydroxylation is 1. The second-order valence-electron chi connectivity index (χ2n) is 4.46. The first-order chi connectivity index (χ1) is 9.49. The van der Waals surface area contributed by atoms with Gasteiger partial charge in [-0.3, -0.25) is 4.79 Å². The van der Waals surface area contributed by atoms with E-state index in [1.165, 1.54) is 0 Å². The minimum Gasteiger partial charge on any atom is -0.480 e. The van der Waals surface area contributed by atoms with Gasteiger partial charge in [-0.25, -0.2) is 0 Å². The summed E-state index contributed by atoms with van der Waals surface area (Å²) in [6.07, 6.45) is -0.586. The summed E-state index contributed by atoms with van der Waals surface area (Å²) in [6.45, 7) is 4.93. The summed E-state index contributed by atoms with van der Waals surface area (Å²) in [7, 11) is 1.59. The standard InChI is InChI=1S/C14H21BrN2O3/c1-9-6-12(15)7-11(8-16)13(9)20-10(2)14(18)17-4-5-19-3/h6-7,10H,4-5,8,16H2,1-3H3,(H,17,18). The molecule has 1 atom stereocenters. The van der Waals surface area contributed by atoms with Gasteiger partial charge in [-0.1, -0.05) is 15.9 Å². The fraction of sp³-hybridized carbons (Fsp3) is 0.500. The molecule has 0 saturated heterocycles. The van der Waals surface area contributed by atoms with Crippen LogP contribution in [0.15, 0.2) is 16.6 Å². The average molecular weight is 345 g/mol. The smallest absolute Gasteiger partial charge is 0.260 e. The lowest BCUT2D eigenvalue weighted by atomic mass is 10.1. The monoisotopic (exact) mass is 344 g/mol. The number of nitrogens with one attached hydrogen (secondary N) is 1. The van der Waals surface area contributed by atoms with Crippen LogP contribution in [0.4, 0.5) is 0 Å². The van der Waals surface area contributed by atoms with Crippen molar-refractivity contribution < 1.29 is 14.3 Å². The van der Waals surface area contributed by atoms with Crippen molar-refractivity contribution in [1.29, 1.82) is 0 Å². The molecule has 1 rings (SSSR count). The van der Waals surface area contributed by atoms with Crippen LogP contribution in [0.5, 0.6) is 5.75 Å². The number of hydrogen-bond acceptors (Lipinski definition) is 4. The minimum absolute atomic E-state index is 0.174. The first-order valence-electron chi connectivity index (χ1n) is 6.42. The zero-order chi connectivity index (χ0) is 15.1. The number of benzene rings is 1.